The van der Waals surface area contributed by atoms with Gasteiger partial charge >= 0.3 is 0 Å². The Bertz CT molecular complexity index is 571. The molecule has 1 saturated heterocycles. The Morgan fingerprint density at radius 3 is 2.32 bits per heavy atom. The molecule has 0 spiro atoms. The molecule has 1 aromatic heterocycles. The first-order chi connectivity index (χ1) is 8.69. The highest BCUT2D eigenvalue weighted by molar-refractivity contribution is 7.91. The monoisotopic (exact) mass is 286 g/mol. The molecule has 106 valence electrons. The van der Waals surface area contributed by atoms with Crippen LogP contribution in [0.2, 0.25) is 0 Å². The van der Waals surface area contributed by atoms with E-state index in [1.165, 1.54) is 4.90 Å². The van der Waals surface area contributed by atoms with Gasteiger partial charge in [-0.3, -0.25) is 9.89 Å². The predicted octanol–water partition coefficient (Wildman–Crippen LogP) is -0.0272. The van der Waals surface area contributed by atoms with Crippen LogP contribution in [0.3, 0.4) is 0 Å². The quantitative estimate of drug-likeness (QED) is 0.782. The number of rotatable bonds is 1. The summed E-state index contributed by atoms with van der Waals surface area (Å²) < 4.78 is 22.6. The van der Waals surface area contributed by atoms with Crippen molar-refractivity contribution >= 4 is 15.7 Å². The summed E-state index contributed by atoms with van der Waals surface area (Å²) in [5, 5.41) is 6.67. The number of hydrogen-bond acceptors (Lipinski definition) is 5. The van der Waals surface area contributed by atoms with Crippen molar-refractivity contribution in [2.24, 2.45) is 0 Å². The van der Waals surface area contributed by atoms with Gasteiger partial charge in [0.1, 0.15) is 5.82 Å². The van der Waals surface area contributed by atoms with E-state index in [0.29, 0.717) is 5.82 Å². The van der Waals surface area contributed by atoms with Crippen molar-refractivity contribution < 1.29 is 13.2 Å². The number of aromatic amines is 1. The van der Waals surface area contributed by atoms with Gasteiger partial charge in [-0.1, -0.05) is 20.8 Å². The van der Waals surface area contributed by atoms with Crippen molar-refractivity contribution in [3.05, 3.63) is 11.6 Å². The van der Waals surface area contributed by atoms with E-state index in [9.17, 15) is 13.2 Å². The van der Waals surface area contributed by atoms with Gasteiger partial charge in [0.05, 0.1) is 11.5 Å². The standard InChI is InChI=1S/C11H18N4O3S/c1-11(2,3)10-12-8(13-14-10)9(16)15-4-6-19(17,18)7-5-15/h4-7H2,1-3H3,(H,12,13,14). The maximum atomic E-state index is 12.1. The zero-order valence-electron chi connectivity index (χ0n) is 11.3. The van der Waals surface area contributed by atoms with Gasteiger partial charge < -0.3 is 4.90 Å². The lowest BCUT2D eigenvalue weighted by molar-refractivity contribution is 0.0758. The first kappa shape index (κ1) is 14.0. The second-order valence-electron chi connectivity index (χ2n) is 5.70. The van der Waals surface area contributed by atoms with Gasteiger partial charge in [0, 0.05) is 18.5 Å². The second-order valence-corrected chi connectivity index (χ2v) is 8.01. The Balaban J connectivity index is 2.11. The summed E-state index contributed by atoms with van der Waals surface area (Å²) in [4.78, 5) is 17.8. The lowest BCUT2D eigenvalue weighted by Gasteiger charge is -2.25. The summed E-state index contributed by atoms with van der Waals surface area (Å²) in [6.07, 6.45) is 0. The van der Waals surface area contributed by atoms with E-state index in [2.05, 4.69) is 15.2 Å². The number of nitrogens with zero attached hydrogens (tertiary/aromatic N) is 3. The van der Waals surface area contributed by atoms with Gasteiger partial charge in [-0.15, -0.1) is 5.10 Å². The van der Waals surface area contributed by atoms with Gasteiger partial charge in [-0.25, -0.2) is 13.4 Å². The first-order valence-corrected chi connectivity index (χ1v) is 7.94. The molecule has 0 aromatic carbocycles. The fourth-order valence-electron chi connectivity index (χ4n) is 1.75. The van der Waals surface area contributed by atoms with Crippen LogP contribution in [0.5, 0.6) is 0 Å². The Morgan fingerprint density at radius 2 is 1.84 bits per heavy atom. The predicted molar refractivity (Wildman–Crippen MR) is 69.6 cm³/mol. The van der Waals surface area contributed by atoms with Gasteiger partial charge in [0.15, 0.2) is 9.84 Å². The molecular formula is C11H18N4O3S. The van der Waals surface area contributed by atoms with E-state index in [4.69, 9.17) is 0 Å². The van der Waals surface area contributed by atoms with E-state index >= 15 is 0 Å². The second kappa shape index (κ2) is 4.59. The Labute approximate surface area is 112 Å². The fourth-order valence-corrected chi connectivity index (χ4v) is 2.95. The number of nitrogens with one attached hydrogen (secondary N) is 1. The van der Waals surface area contributed by atoms with Crippen LogP contribution < -0.4 is 0 Å². The van der Waals surface area contributed by atoms with Crippen LogP contribution in [-0.4, -0.2) is 59.0 Å². The Kier molecular flexibility index (Phi) is 3.38. The molecule has 1 aromatic rings. The first-order valence-electron chi connectivity index (χ1n) is 6.12. The smallest absolute Gasteiger partial charge is 0.293 e. The molecule has 0 atom stereocenters. The average Bonchev–Trinajstić information content (AvgIpc) is 2.77. The number of sulfone groups is 1. The molecule has 0 aliphatic carbocycles. The molecule has 0 bridgehead atoms. The molecule has 0 radical (unpaired) electrons. The number of H-pyrrole nitrogens is 1. The van der Waals surface area contributed by atoms with Crippen LogP contribution >= 0.6 is 0 Å². The van der Waals surface area contributed by atoms with Crippen molar-refractivity contribution in [2.75, 3.05) is 24.6 Å². The zero-order chi connectivity index (χ0) is 14.3. The van der Waals surface area contributed by atoms with E-state index in [1.807, 2.05) is 20.8 Å². The van der Waals surface area contributed by atoms with Crippen LogP contribution in [0.15, 0.2) is 0 Å². The minimum atomic E-state index is -2.99. The summed E-state index contributed by atoms with van der Waals surface area (Å²) in [7, 11) is -2.99. The van der Waals surface area contributed by atoms with Gasteiger partial charge in [-0.05, 0) is 0 Å². The maximum Gasteiger partial charge on any atom is 0.293 e. The van der Waals surface area contributed by atoms with Crippen molar-refractivity contribution in [3.8, 4) is 0 Å². The van der Waals surface area contributed by atoms with Crippen LogP contribution in [-0.2, 0) is 15.3 Å². The summed E-state index contributed by atoms with van der Waals surface area (Å²) in [6.45, 7) is 6.32. The van der Waals surface area contributed by atoms with E-state index in [1.54, 1.807) is 0 Å². The number of aromatic nitrogens is 3. The minimum absolute atomic E-state index is 0.00922. The molecule has 2 heterocycles. The fraction of sp³-hybridized carbons (Fsp3) is 0.727. The SMILES string of the molecule is CC(C)(C)c1nc(C(=O)N2CCS(=O)(=O)CC2)n[nH]1. The third kappa shape index (κ3) is 3.12. The largest absolute Gasteiger partial charge is 0.334 e. The van der Waals surface area contributed by atoms with Crippen molar-refractivity contribution in [1.29, 1.82) is 0 Å². The van der Waals surface area contributed by atoms with Crippen LogP contribution in [0.1, 0.15) is 37.2 Å². The lowest BCUT2D eigenvalue weighted by Crippen LogP contribution is -2.44. The van der Waals surface area contributed by atoms with E-state index < -0.39 is 9.84 Å². The molecule has 7 nitrogen and oxygen atoms in total. The number of amides is 1. The van der Waals surface area contributed by atoms with Crippen molar-refractivity contribution in [1.82, 2.24) is 20.1 Å². The number of carbonyl (C=O) groups excluding carboxylic acids is 1. The Morgan fingerprint density at radius 1 is 1.26 bits per heavy atom. The molecule has 1 fully saturated rings. The highest BCUT2D eigenvalue weighted by Crippen LogP contribution is 2.18. The summed E-state index contributed by atoms with van der Waals surface area (Å²) in [5.74, 6) is 0.441. The molecule has 19 heavy (non-hydrogen) atoms. The molecule has 1 aliphatic rings. The van der Waals surface area contributed by atoms with Crippen molar-refractivity contribution in [2.45, 2.75) is 26.2 Å². The summed E-state index contributed by atoms with van der Waals surface area (Å²) >= 11 is 0. The van der Waals surface area contributed by atoms with Gasteiger partial charge in [0.25, 0.3) is 5.91 Å². The number of hydrogen-bond donors (Lipinski definition) is 1. The highest BCUT2D eigenvalue weighted by atomic mass is 32.2. The topological polar surface area (TPSA) is 96.0 Å². The van der Waals surface area contributed by atoms with Crippen LogP contribution in [0.4, 0.5) is 0 Å². The maximum absolute atomic E-state index is 12.1. The third-order valence-electron chi connectivity index (χ3n) is 3.02. The average molecular weight is 286 g/mol. The van der Waals surface area contributed by atoms with Gasteiger partial charge in [0.2, 0.25) is 5.82 Å². The molecule has 1 aliphatic heterocycles. The van der Waals surface area contributed by atoms with Crippen LogP contribution in [0, 0.1) is 0 Å². The third-order valence-corrected chi connectivity index (χ3v) is 4.63. The molecule has 1 N–H and O–H groups in total. The number of carbonyl (C=O) groups is 1. The molecule has 1 amide bonds. The molecule has 8 heteroatoms. The Hall–Kier alpha value is -1.44. The highest BCUT2D eigenvalue weighted by Gasteiger charge is 2.29. The van der Waals surface area contributed by atoms with Crippen molar-refractivity contribution in [3.63, 3.8) is 0 Å². The molecule has 0 saturated carbocycles. The molecular weight excluding hydrogens is 268 g/mol. The minimum Gasteiger partial charge on any atom is -0.334 e. The normalized spacial score (nSPS) is 19.4. The molecule has 2 rings (SSSR count). The van der Waals surface area contributed by atoms with E-state index in [0.717, 1.165) is 0 Å². The zero-order valence-corrected chi connectivity index (χ0v) is 12.1. The van der Waals surface area contributed by atoms with Gasteiger partial charge in [-0.2, -0.15) is 0 Å². The van der Waals surface area contributed by atoms with Crippen LogP contribution in [0.25, 0.3) is 0 Å². The van der Waals surface area contributed by atoms with E-state index in [-0.39, 0.29) is 41.7 Å². The summed E-state index contributed by atoms with van der Waals surface area (Å²) in [6, 6.07) is 0. The lowest BCUT2D eigenvalue weighted by atomic mass is 9.96. The molecule has 0 unspecified atom stereocenters. The summed E-state index contributed by atoms with van der Waals surface area (Å²) in [5.41, 5.74) is -0.212.